The van der Waals surface area contributed by atoms with Crippen LogP contribution >= 0.6 is 31.9 Å². The molecule has 4 nitrogen and oxygen atoms in total. The van der Waals surface area contributed by atoms with E-state index in [0.717, 1.165) is 19.8 Å². The van der Waals surface area contributed by atoms with Crippen molar-refractivity contribution in [1.82, 2.24) is 0 Å². The summed E-state index contributed by atoms with van der Waals surface area (Å²) in [5.74, 6) is 0. The van der Waals surface area contributed by atoms with E-state index in [4.69, 9.17) is 0 Å². The summed E-state index contributed by atoms with van der Waals surface area (Å²) in [6.07, 6.45) is 2.74. The lowest BCUT2D eigenvalue weighted by atomic mass is 10.2. The summed E-state index contributed by atoms with van der Waals surface area (Å²) < 4.78 is 49.8. The quantitative estimate of drug-likeness (QED) is 0.573. The molecule has 2 aromatic rings. The molecule has 0 saturated heterocycles. The van der Waals surface area contributed by atoms with Crippen molar-refractivity contribution in [3.63, 3.8) is 0 Å². The standard InChI is InChI=1S/C17H14Br2O4S2/c18-16-5-1-14(2-6-16)9-11-24(20,21)13-25(22,23)12-10-15-3-7-17(19)8-4-15/h1-12H,13H2/b11-9+,12-10+. The first-order valence-electron chi connectivity index (χ1n) is 6.98. The molecular weight excluding hydrogens is 492 g/mol. The highest BCUT2D eigenvalue weighted by Crippen LogP contribution is 2.14. The molecule has 0 N–H and O–H groups in total. The Bertz CT molecular complexity index is 906. The van der Waals surface area contributed by atoms with Crippen LogP contribution < -0.4 is 0 Å². The van der Waals surface area contributed by atoms with Crippen LogP contribution in [-0.2, 0) is 19.7 Å². The topological polar surface area (TPSA) is 68.3 Å². The number of sulfone groups is 2. The molecule has 0 aliphatic heterocycles. The van der Waals surface area contributed by atoms with Gasteiger partial charge in [0.25, 0.3) is 0 Å². The van der Waals surface area contributed by atoms with Crippen molar-refractivity contribution >= 4 is 63.7 Å². The SMILES string of the molecule is O=S(=O)(/C=C/c1ccc(Br)cc1)CS(=O)(=O)/C=C/c1ccc(Br)cc1. The third kappa shape index (κ3) is 7.27. The Balaban J connectivity index is 2.09. The third-order valence-corrected chi connectivity index (χ3v) is 7.79. The molecular formula is C17H14Br2O4S2. The molecule has 0 amide bonds. The molecule has 0 spiro atoms. The van der Waals surface area contributed by atoms with Crippen LogP contribution in [0.15, 0.2) is 68.3 Å². The van der Waals surface area contributed by atoms with Crippen molar-refractivity contribution in [2.45, 2.75) is 0 Å². The smallest absolute Gasteiger partial charge is 0.186 e. The summed E-state index contributed by atoms with van der Waals surface area (Å²) in [7, 11) is -7.80. The monoisotopic (exact) mass is 504 g/mol. The van der Waals surface area contributed by atoms with Gasteiger partial charge in [-0.1, -0.05) is 56.1 Å². The molecule has 0 aromatic heterocycles. The van der Waals surface area contributed by atoms with E-state index in [-0.39, 0.29) is 0 Å². The predicted molar refractivity (Wildman–Crippen MR) is 109 cm³/mol. The second kappa shape index (κ2) is 8.44. The molecule has 0 fully saturated rings. The summed E-state index contributed by atoms with van der Waals surface area (Å²) in [6.45, 7) is 0. The minimum absolute atomic E-state index is 0.662. The van der Waals surface area contributed by atoms with Crippen LogP contribution in [-0.4, -0.2) is 21.9 Å². The molecule has 0 unspecified atom stereocenters. The first-order valence-corrected chi connectivity index (χ1v) is 12.0. The van der Waals surface area contributed by atoms with Crippen molar-refractivity contribution < 1.29 is 16.8 Å². The number of hydrogen-bond donors (Lipinski definition) is 0. The molecule has 0 bridgehead atoms. The Kier molecular flexibility index (Phi) is 6.79. The fourth-order valence-electron chi connectivity index (χ4n) is 1.82. The van der Waals surface area contributed by atoms with E-state index in [1.165, 1.54) is 12.2 Å². The van der Waals surface area contributed by atoms with Crippen molar-refractivity contribution in [1.29, 1.82) is 0 Å². The van der Waals surface area contributed by atoms with Crippen molar-refractivity contribution in [3.05, 3.63) is 79.4 Å². The lowest BCUT2D eigenvalue weighted by Crippen LogP contribution is -2.11. The average Bonchev–Trinajstić information content (AvgIpc) is 2.53. The van der Waals surface area contributed by atoms with Crippen molar-refractivity contribution in [2.24, 2.45) is 0 Å². The molecule has 0 heterocycles. The van der Waals surface area contributed by atoms with Crippen LogP contribution in [0, 0.1) is 0 Å². The van der Waals surface area contributed by atoms with Gasteiger partial charge in [-0.3, -0.25) is 0 Å². The maximum Gasteiger partial charge on any atom is 0.186 e. The fourth-order valence-corrected chi connectivity index (χ4v) is 5.54. The Morgan fingerprint density at radius 1 is 0.640 bits per heavy atom. The van der Waals surface area contributed by atoms with Gasteiger partial charge >= 0.3 is 0 Å². The minimum atomic E-state index is -3.90. The molecule has 0 radical (unpaired) electrons. The Hall–Kier alpha value is -1.22. The number of rotatable bonds is 6. The zero-order valence-corrected chi connectivity index (χ0v) is 17.6. The van der Waals surface area contributed by atoms with Crippen molar-refractivity contribution in [2.75, 3.05) is 5.08 Å². The second-order valence-electron chi connectivity index (χ2n) is 5.15. The van der Waals surface area contributed by atoms with Gasteiger partial charge < -0.3 is 0 Å². The summed E-state index contributed by atoms with van der Waals surface area (Å²) in [5.41, 5.74) is 1.32. The van der Waals surface area contributed by atoms with Crippen molar-refractivity contribution in [3.8, 4) is 0 Å². The van der Waals surface area contributed by atoms with E-state index >= 15 is 0 Å². The maximum atomic E-state index is 12.0. The molecule has 0 saturated carbocycles. The first kappa shape index (κ1) is 20.1. The molecule has 0 atom stereocenters. The lowest BCUT2D eigenvalue weighted by Gasteiger charge is -1.99. The number of halogens is 2. The Morgan fingerprint density at radius 3 is 1.28 bits per heavy atom. The van der Waals surface area contributed by atoms with E-state index in [9.17, 15) is 16.8 Å². The van der Waals surface area contributed by atoms with E-state index < -0.39 is 24.8 Å². The third-order valence-electron chi connectivity index (χ3n) is 3.00. The van der Waals surface area contributed by atoms with Gasteiger partial charge in [-0.2, -0.15) is 0 Å². The predicted octanol–water partition coefficient (Wildman–Crippen LogP) is 4.64. The molecule has 0 aliphatic carbocycles. The summed E-state index contributed by atoms with van der Waals surface area (Å²) in [4.78, 5) is 0. The number of benzene rings is 2. The Morgan fingerprint density at radius 2 is 0.960 bits per heavy atom. The number of hydrogen-bond acceptors (Lipinski definition) is 4. The van der Waals surface area contributed by atoms with Crippen LogP contribution in [0.3, 0.4) is 0 Å². The van der Waals surface area contributed by atoms with Gasteiger partial charge in [-0.25, -0.2) is 16.8 Å². The summed E-state index contributed by atoms with van der Waals surface area (Å²) >= 11 is 6.57. The van der Waals surface area contributed by atoms with Crippen LogP contribution in [0.4, 0.5) is 0 Å². The molecule has 0 aliphatic rings. The molecule has 2 aromatic carbocycles. The van der Waals surface area contributed by atoms with Gasteiger partial charge in [-0.05, 0) is 47.5 Å². The zero-order chi connectivity index (χ0) is 18.5. The molecule has 2 rings (SSSR count). The van der Waals surface area contributed by atoms with E-state index in [2.05, 4.69) is 31.9 Å². The van der Waals surface area contributed by atoms with E-state index in [0.29, 0.717) is 11.1 Å². The largest absolute Gasteiger partial charge is 0.223 e. The average molecular weight is 506 g/mol. The Labute approximate surface area is 164 Å². The summed E-state index contributed by atoms with van der Waals surface area (Å²) in [5, 5.41) is 0.864. The van der Waals surface area contributed by atoms with Gasteiger partial charge in [0.05, 0.1) is 0 Å². The maximum absolute atomic E-state index is 12.0. The normalized spacial score (nSPS) is 12.9. The van der Waals surface area contributed by atoms with Crippen LogP contribution in [0.2, 0.25) is 0 Å². The van der Waals surface area contributed by atoms with Gasteiger partial charge in [0, 0.05) is 19.8 Å². The molecule has 25 heavy (non-hydrogen) atoms. The highest BCUT2D eigenvalue weighted by molar-refractivity contribution is 9.10. The highest BCUT2D eigenvalue weighted by atomic mass is 79.9. The first-order chi connectivity index (χ1) is 11.7. The van der Waals surface area contributed by atoms with Gasteiger partial charge in [0.15, 0.2) is 24.8 Å². The molecule has 8 heteroatoms. The van der Waals surface area contributed by atoms with Gasteiger partial charge in [-0.15, -0.1) is 0 Å². The van der Waals surface area contributed by atoms with E-state index in [1.807, 2.05) is 0 Å². The highest BCUT2D eigenvalue weighted by Gasteiger charge is 2.17. The fraction of sp³-hybridized carbons (Fsp3) is 0.0588. The van der Waals surface area contributed by atoms with Gasteiger partial charge in [0.2, 0.25) is 0 Å². The van der Waals surface area contributed by atoms with Crippen LogP contribution in [0.25, 0.3) is 12.2 Å². The second-order valence-corrected chi connectivity index (χ2v) is 11.1. The summed E-state index contributed by atoms with van der Waals surface area (Å²) in [6, 6.07) is 14.0. The van der Waals surface area contributed by atoms with Gasteiger partial charge in [0.1, 0.15) is 0 Å². The lowest BCUT2D eigenvalue weighted by molar-refractivity contribution is 0.598. The minimum Gasteiger partial charge on any atom is -0.223 e. The van der Waals surface area contributed by atoms with E-state index in [1.54, 1.807) is 48.5 Å². The van der Waals surface area contributed by atoms with Crippen LogP contribution in [0.5, 0.6) is 0 Å². The van der Waals surface area contributed by atoms with Crippen LogP contribution in [0.1, 0.15) is 11.1 Å². The molecule has 132 valence electrons. The zero-order valence-electron chi connectivity index (χ0n) is 12.8.